The van der Waals surface area contributed by atoms with Gasteiger partial charge in [-0.15, -0.1) is 11.8 Å². The molecule has 0 saturated heterocycles. The second-order valence-electron chi connectivity index (χ2n) is 3.77. The molecule has 0 spiro atoms. The van der Waals surface area contributed by atoms with Crippen LogP contribution in [0.25, 0.3) is 0 Å². The monoisotopic (exact) mass is 318 g/mol. The number of carbonyl (C=O) groups is 2. The number of carboxylic acids is 1. The van der Waals surface area contributed by atoms with Crippen LogP contribution in [0.4, 0.5) is 5.69 Å². The van der Waals surface area contributed by atoms with E-state index in [9.17, 15) is 19.7 Å². The summed E-state index contributed by atoms with van der Waals surface area (Å²) in [5.41, 5.74) is -0.143. The molecule has 0 fully saturated rings. The van der Waals surface area contributed by atoms with Crippen LogP contribution in [0.5, 0.6) is 0 Å². The Labute approximate surface area is 123 Å². The van der Waals surface area contributed by atoms with Crippen molar-refractivity contribution in [1.82, 2.24) is 5.32 Å². The van der Waals surface area contributed by atoms with Crippen molar-refractivity contribution in [2.24, 2.45) is 0 Å². The van der Waals surface area contributed by atoms with Crippen molar-refractivity contribution in [3.63, 3.8) is 0 Å². The molecule has 7 nitrogen and oxygen atoms in total. The van der Waals surface area contributed by atoms with Crippen LogP contribution >= 0.6 is 23.4 Å². The summed E-state index contributed by atoms with van der Waals surface area (Å²) in [7, 11) is 0. The van der Waals surface area contributed by atoms with Gasteiger partial charge in [0.25, 0.3) is 5.69 Å². The minimum atomic E-state index is -1.16. The SMILES string of the molecule is CC(=O)NC(CSc1ccc([N+](=O)[O-])cc1Cl)C(=O)O. The second kappa shape index (κ2) is 7.11. The van der Waals surface area contributed by atoms with Crippen LogP contribution in [0, 0.1) is 10.1 Å². The van der Waals surface area contributed by atoms with Crippen LogP contribution in [0.3, 0.4) is 0 Å². The van der Waals surface area contributed by atoms with Gasteiger partial charge in [-0.3, -0.25) is 14.9 Å². The van der Waals surface area contributed by atoms with E-state index in [0.29, 0.717) is 4.90 Å². The topological polar surface area (TPSA) is 110 Å². The molecule has 0 aliphatic heterocycles. The van der Waals surface area contributed by atoms with Gasteiger partial charge in [0, 0.05) is 29.7 Å². The number of nitrogens with one attached hydrogen (secondary N) is 1. The largest absolute Gasteiger partial charge is 0.480 e. The number of amides is 1. The predicted octanol–water partition coefficient (Wildman–Crippen LogP) is 1.93. The number of nitro groups is 1. The number of carbonyl (C=O) groups excluding carboxylic acids is 1. The minimum Gasteiger partial charge on any atom is -0.480 e. The maximum absolute atomic E-state index is 10.9. The van der Waals surface area contributed by atoms with E-state index in [0.717, 1.165) is 11.8 Å². The molecule has 20 heavy (non-hydrogen) atoms. The van der Waals surface area contributed by atoms with E-state index in [1.807, 2.05) is 0 Å². The Balaban J connectivity index is 2.75. The Morgan fingerprint density at radius 3 is 2.65 bits per heavy atom. The highest BCUT2D eigenvalue weighted by molar-refractivity contribution is 7.99. The molecule has 1 rings (SSSR count). The molecule has 1 aromatic rings. The maximum atomic E-state index is 10.9. The Hall–Kier alpha value is -1.80. The number of thioether (sulfide) groups is 1. The van der Waals surface area contributed by atoms with Gasteiger partial charge in [-0.25, -0.2) is 4.79 Å². The molecule has 108 valence electrons. The van der Waals surface area contributed by atoms with Gasteiger partial charge in [-0.2, -0.15) is 0 Å². The third kappa shape index (κ3) is 4.71. The molecule has 0 aliphatic rings. The van der Waals surface area contributed by atoms with Gasteiger partial charge in [0.05, 0.1) is 9.95 Å². The van der Waals surface area contributed by atoms with Crippen LogP contribution in [-0.2, 0) is 9.59 Å². The quantitative estimate of drug-likeness (QED) is 0.471. The molecule has 1 unspecified atom stereocenters. The molecule has 2 N–H and O–H groups in total. The summed E-state index contributed by atoms with van der Waals surface area (Å²) in [6.45, 7) is 1.22. The van der Waals surface area contributed by atoms with E-state index in [-0.39, 0.29) is 16.5 Å². The Morgan fingerprint density at radius 1 is 1.55 bits per heavy atom. The average molecular weight is 319 g/mol. The van der Waals surface area contributed by atoms with Gasteiger partial charge in [-0.1, -0.05) is 11.6 Å². The summed E-state index contributed by atoms with van der Waals surface area (Å²) in [5, 5.41) is 21.9. The van der Waals surface area contributed by atoms with Crippen LogP contribution in [0.1, 0.15) is 6.92 Å². The summed E-state index contributed by atoms with van der Waals surface area (Å²) in [4.78, 5) is 32.3. The number of halogens is 1. The van der Waals surface area contributed by atoms with E-state index >= 15 is 0 Å². The lowest BCUT2D eigenvalue weighted by atomic mass is 10.3. The van der Waals surface area contributed by atoms with Gasteiger partial charge < -0.3 is 10.4 Å². The molecule has 1 amide bonds. The first-order valence-corrected chi connectivity index (χ1v) is 6.74. The number of aliphatic carboxylic acids is 1. The third-order valence-electron chi connectivity index (χ3n) is 2.21. The van der Waals surface area contributed by atoms with Gasteiger partial charge in [0.2, 0.25) is 5.91 Å². The third-order valence-corrected chi connectivity index (χ3v) is 3.80. The number of non-ortho nitro benzene ring substituents is 1. The number of nitro benzene ring substituents is 1. The van der Waals surface area contributed by atoms with Crippen LogP contribution in [-0.4, -0.2) is 33.7 Å². The lowest BCUT2D eigenvalue weighted by molar-refractivity contribution is -0.384. The van der Waals surface area contributed by atoms with E-state index < -0.39 is 22.8 Å². The predicted molar refractivity (Wildman–Crippen MR) is 74.1 cm³/mol. The van der Waals surface area contributed by atoms with Gasteiger partial charge in [0.15, 0.2) is 0 Å². The second-order valence-corrected chi connectivity index (χ2v) is 5.24. The number of hydrogen-bond donors (Lipinski definition) is 2. The summed E-state index contributed by atoms with van der Waals surface area (Å²) < 4.78 is 0. The standard InChI is InChI=1S/C11H11ClN2O5S/c1-6(15)13-9(11(16)17)5-20-10-3-2-7(14(18)19)4-8(10)12/h2-4,9H,5H2,1H3,(H,13,15)(H,16,17). The Kier molecular flexibility index (Phi) is 5.78. The molecule has 1 aromatic carbocycles. The first-order valence-electron chi connectivity index (χ1n) is 5.38. The first kappa shape index (κ1) is 16.3. The van der Waals surface area contributed by atoms with Gasteiger partial charge >= 0.3 is 5.97 Å². The highest BCUT2D eigenvalue weighted by atomic mass is 35.5. The normalized spacial score (nSPS) is 11.7. The number of rotatable bonds is 6. The Bertz CT molecular complexity index is 552. The smallest absolute Gasteiger partial charge is 0.327 e. The molecule has 0 saturated carbocycles. The first-order chi connectivity index (χ1) is 9.31. The van der Waals surface area contributed by atoms with Crippen molar-refractivity contribution in [1.29, 1.82) is 0 Å². The lowest BCUT2D eigenvalue weighted by Gasteiger charge is -2.13. The number of hydrogen-bond acceptors (Lipinski definition) is 5. The highest BCUT2D eigenvalue weighted by Gasteiger charge is 2.19. The van der Waals surface area contributed by atoms with Crippen molar-refractivity contribution in [3.05, 3.63) is 33.3 Å². The fraction of sp³-hybridized carbons (Fsp3) is 0.273. The number of carboxylic acid groups (broad SMARTS) is 1. The van der Waals surface area contributed by atoms with Gasteiger partial charge in [0.1, 0.15) is 6.04 Å². The molecule has 1 atom stereocenters. The van der Waals surface area contributed by atoms with Gasteiger partial charge in [-0.05, 0) is 6.07 Å². The van der Waals surface area contributed by atoms with Crippen molar-refractivity contribution in [2.75, 3.05) is 5.75 Å². The molecular formula is C11H11ClN2O5S. The molecule has 9 heteroatoms. The zero-order valence-corrected chi connectivity index (χ0v) is 11.9. The van der Waals surface area contributed by atoms with E-state index in [1.54, 1.807) is 0 Å². The van der Waals surface area contributed by atoms with Crippen LogP contribution < -0.4 is 5.32 Å². The number of nitrogens with zero attached hydrogens (tertiary/aromatic N) is 1. The molecule has 0 heterocycles. The number of benzene rings is 1. The molecule has 0 aliphatic carbocycles. The molecule has 0 radical (unpaired) electrons. The van der Waals surface area contributed by atoms with Crippen LogP contribution in [0.15, 0.2) is 23.1 Å². The fourth-order valence-corrected chi connectivity index (χ4v) is 2.59. The zero-order chi connectivity index (χ0) is 15.3. The fourth-order valence-electron chi connectivity index (χ4n) is 1.31. The van der Waals surface area contributed by atoms with Crippen molar-refractivity contribution in [2.45, 2.75) is 17.9 Å². The minimum absolute atomic E-state index is 0.0619. The summed E-state index contributed by atoms with van der Waals surface area (Å²) in [6, 6.07) is 2.86. The van der Waals surface area contributed by atoms with Crippen molar-refractivity contribution < 1.29 is 19.6 Å². The zero-order valence-electron chi connectivity index (χ0n) is 10.3. The van der Waals surface area contributed by atoms with E-state index in [1.165, 1.54) is 25.1 Å². The van der Waals surface area contributed by atoms with Crippen LogP contribution in [0.2, 0.25) is 5.02 Å². The molecule has 0 aromatic heterocycles. The Morgan fingerprint density at radius 2 is 2.20 bits per heavy atom. The summed E-state index contributed by atoms with van der Waals surface area (Å²) >= 11 is 6.98. The van der Waals surface area contributed by atoms with Crippen molar-refractivity contribution in [3.8, 4) is 0 Å². The summed E-state index contributed by atoms with van der Waals surface area (Å²) in [6.07, 6.45) is 0. The van der Waals surface area contributed by atoms with Crippen molar-refractivity contribution >= 4 is 40.9 Å². The van der Waals surface area contributed by atoms with E-state index in [2.05, 4.69) is 5.32 Å². The lowest BCUT2D eigenvalue weighted by Crippen LogP contribution is -2.41. The average Bonchev–Trinajstić information content (AvgIpc) is 2.34. The summed E-state index contributed by atoms with van der Waals surface area (Å²) in [5.74, 6) is -1.55. The highest BCUT2D eigenvalue weighted by Crippen LogP contribution is 2.30. The maximum Gasteiger partial charge on any atom is 0.327 e. The molecule has 0 bridgehead atoms. The van der Waals surface area contributed by atoms with E-state index in [4.69, 9.17) is 16.7 Å². The molecular weight excluding hydrogens is 308 g/mol.